The van der Waals surface area contributed by atoms with Gasteiger partial charge < -0.3 is 26.6 Å². The third-order valence-corrected chi connectivity index (χ3v) is 11.7. The van der Waals surface area contributed by atoms with Crippen molar-refractivity contribution in [1.29, 1.82) is 0 Å². The lowest BCUT2D eigenvalue weighted by Crippen LogP contribution is -2.52. The van der Waals surface area contributed by atoms with Crippen LogP contribution in [0, 0.1) is 35.5 Å². The molecule has 0 unspecified atom stereocenters. The molecule has 2 aromatic carbocycles. The van der Waals surface area contributed by atoms with Crippen molar-refractivity contribution < 1.29 is 15.0 Å². The predicted molar refractivity (Wildman–Crippen MR) is 199 cm³/mol. The summed E-state index contributed by atoms with van der Waals surface area (Å²) in [6, 6.07) is 21.9. The topological polar surface area (TPSA) is 120 Å². The van der Waals surface area contributed by atoms with Crippen molar-refractivity contribution in [3.05, 3.63) is 92.5 Å². The molecule has 0 saturated heterocycles. The highest BCUT2D eigenvalue weighted by Gasteiger charge is 2.44. The maximum absolute atomic E-state index is 14.3. The minimum atomic E-state index is -0.522. The first kappa shape index (κ1) is 33.5. The normalized spacial score (nSPS) is 21.3. The van der Waals surface area contributed by atoms with Crippen molar-refractivity contribution in [3.63, 3.8) is 0 Å². The summed E-state index contributed by atoms with van der Waals surface area (Å²) in [7, 11) is 1.67. The Bertz CT molecular complexity index is 2000. The summed E-state index contributed by atoms with van der Waals surface area (Å²) in [5.41, 5.74) is 7.99. The molecule has 2 heterocycles. The number of fused-ring (bicyclic) bond motifs is 2. The molecule has 2 aliphatic rings. The van der Waals surface area contributed by atoms with Crippen LogP contribution in [0.1, 0.15) is 46.8 Å². The number of nitrogens with two attached hydrogens (primary N) is 1. The quantitative estimate of drug-likeness (QED) is 0.0681. The first-order chi connectivity index (χ1) is 23.2. The number of ketones is 1. The molecule has 6 rings (SSSR count). The van der Waals surface area contributed by atoms with Crippen LogP contribution in [-0.4, -0.2) is 47.7 Å². The average Bonchev–Trinajstić information content (AvgIpc) is 3.76. The van der Waals surface area contributed by atoms with Crippen LogP contribution >= 0.6 is 22.7 Å². The number of thiophene rings is 2. The number of aliphatic imine (C=N–C) groups is 1. The van der Waals surface area contributed by atoms with Gasteiger partial charge in [0.2, 0.25) is 0 Å². The summed E-state index contributed by atoms with van der Waals surface area (Å²) in [4.78, 5) is 22.6. The molecule has 1 fully saturated rings. The van der Waals surface area contributed by atoms with Crippen LogP contribution in [0.25, 0.3) is 21.9 Å². The highest BCUT2D eigenvalue weighted by Crippen LogP contribution is 2.46. The van der Waals surface area contributed by atoms with Gasteiger partial charge in [0.1, 0.15) is 5.75 Å². The number of carbonyl (C=O) groups excluding carboxylic acids is 1. The number of Topliss-reactive ketones (excluding diaryl/α,β-unsaturated/α-hetero) is 1. The van der Waals surface area contributed by atoms with E-state index in [0.29, 0.717) is 18.9 Å². The Morgan fingerprint density at radius 3 is 2.48 bits per heavy atom. The highest BCUT2D eigenvalue weighted by molar-refractivity contribution is 7.23. The number of guanidine groups is 1. The van der Waals surface area contributed by atoms with Crippen molar-refractivity contribution in [2.45, 2.75) is 45.3 Å². The largest absolute Gasteiger partial charge is 0.508 e. The zero-order valence-corrected chi connectivity index (χ0v) is 29.1. The molecule has 6 atom stereocenters. The first-order valence-electron chi connectivity index (χ1n) is 16.4. The molecular formula is C39H42N4O3S2. The first-order valence-corrected chi connectivity index (χ1v) is 18.0. The summed E-state index contributed by atoms with van der Waals surface area (Å²) in [6.07, 6.45) is 6.33. The number of nitrogens with one attached hydrogen (secondary N) is 2. The van der Waals surface area contributed by atoms with Crippen LogP contribution in [0.15, 0.2) is 71.7 Å². The van der Waals surface area contributed by atoms with Crippen molar-refractivity contribution >= 4 is 52.3 Å². The molecule has 0 radical (unpaired) electrons. The van der Waals surface area contributed by atoms with Gasteiger partial charge in [0, 0.05) is 47.1 Å². The Morgan fingerprint density at radius 2 is 1.75 bits per heavy atom. The van der Waals surface area contributed by atoms with E-state index in [-0.39, 0.29) is 41.2 Å². The molecule has 2 aliphatic carbocycles. The second-order valence-corrected chi connectivity index (χ2v) is 14.9. The van der Waals surface area contributed by atoms with E-state index in [9.17, 15) is 15.0 Å². The van der Waals surface area contributed by atoms with Crippen molar-refractivity contribution in [2.75, 3.05) is 18.9 Å². The van der Waals surface area contributed by atoms with Crippen molar-refractivity contribution in [3.8, 4) is 27.3 Å². The van der Waals surface area contributed by atoms with E-state index in [1.54, 1.807) is 48.8 Å². The molecule has 0 aliphatic heterocycles. The molecule has 2 aromatic heterocycles. The number of aliphatic hydroxyl groups is 1. The Labute approximate surface area is 290 Å². The fraction of sp³-hybridized carbons (Fsp3) is 0.333. The van der Waals surface area contributed by atoms with Gasteiger partial charge in [-0.25, -0.2) is 0 Å². The van der Waals surface area contributed by atoms with E-state index >= 15 is 0 Å². The number of carbonyl (C=O) groups is 1. The monoisotopic (exact) mass is 678 g/mol. The van der Waals surface area contributed by atoms with Crippen LogP contribution in [0.3, 0.4) is 0 Å². The number of rotatable bonds is 10. The van der Waals surface area contributed by atoms with Gasteiger partial charge in [0.05, 0.1) is 15.9 Å². The minimum absolute atomic E-state index is 0.0152. The third kappa shape index (κ3) is 7.52. The molecule has 0 spiro atoms. The van der Waals surface area contributed by atoms with Crippen LogP contribution in [-0.2, 0) is 6.42 Å². The lowest BCUT2D eigenvalue weighted by atomic mass is 9.61. The van der Waals surface area contributed by atoms with Gasteiger partial charge in [-0.05, 0) is 103 Å². The van der Waals surface area contributed by atoms with Crippen molar-refractivity contribution in [1.82, 2.24) is 5.32 Å². The van der Waals surface area contributed by atoms with Gasteiger partial charge in [-0.15, -0.1) is 28.6 Å². The Hall–Kier alpha value is -4.36. The smallest absolute Gasteiger partial charge is 0.188 e. The molecule has 0 bridgehead atoms. The number of hydrogen-bond donors (Lipinski definition) is 5. The molecule has 9 heteroatoms. The maximum atomic E-state index is 14.3. The Kier molecular flexibility index (Phi) is 10.4. The molecule has 4 aromatic rings. The second-order valence-electron chi connectivity index (χ2n) is 12.7. The SMILES string of the molecule is CC#Cc1ccc(-c2ccc(C(=O)[C@@H]3CC[C@@H]([C@@H](Cc4cc(O)cc(NC[C@H](C)O)c4)NC(N)=NC)[C@@H]4C=c5ccccc5=C[C@H]43)s2)s1. The molecule has 248 valence electrons. The minimum Gasteiger partial charge on any atom is -0.508 e. The molecule has 6 N–H and O–H groups in total. The van der Waals surface area contributed by atoms with Gasteiger partial charge in [-0.1, -0.05) is 42.3 Å². The van der Waals surface area contributed by atoms with Crippen LogP contribution in [0.5, 0.6) is 5.75 Å². The van der Waals surface area contributed by atoms with Crippen LogP contribution in [0.4, 0.5) is 5.69 Å². The van der Waals surface area contributed by atoms with Gasteiger partial charge in [-0.3, -0.25) is 9.79 Å². The van der Waals surface area contributed by atoms with E-state index in [4.69, 9.17) is 5.73 Å². The third-order valence-electron chi connectivity index (χ3n) is 9.36. The van der Waals surface area contributed by atoms with Gasteiger partial charge >= 0.3 is 0 Å². The summed E-state index contributed by atoms with van der Waals surface area (Å²) >= 11 is 3.23. The summed E-state index contributed by atoms with van der Waals surface area (Å²) in [5.74, 6) is 6.90. The van der Waals surface area contributed by atoms with Gasteiger partial charge in [0.15, 0.2) is 11.7 Å². The fourth-order valence-electron chi connectivity index (χ4n) is 7.20. The standard InChI is InChI=1S/C39H42N4O3S2/c1-4-7-29-10-13-35(47-29)36-14-15-37(48-36)38(46)31-12-11-30(32-19-25-8-5-6-9-26(25)20-33(31)32)34(43-39(40)41-3)18-24-16-27(21-28(45)17-24)42-22-23(2)44/h5-6,8-10,13-17,19-21,23,30-34,42,44-45H,11-12,18,22H2,1-3H3,(H3,40,41,43)/t23-,30+,31+,32-,33-,34+/m0/s1. The number of phenols is 1. The maximum Gasteiger partial charge on any atom is 0.188 e. The molecular weight excluding hydrogens is 637 g/mol. The van der Waals surface area contributed by atoms with Crippen LogP contribution < -0.4 is 26.8 Å². The van der Waals surface area contributed by atoms with Crippen LogP contribution in [0.2, 0.25) is 0 Å². The number of anilines is 1. The van der Waals surface area contributed by atoms with E-state index in [2.05, 4.69) is 76.0 Å². The Balaban J connectivity index is 1.32. The predicted octanol–water partition coefficient (Wildman–Crippen LogP) is 5.21. The van der Waals surface area contributed by atoms with Crippen molar-refractivity contribution in [2.24, 2.45) is 34.4 Å². The Morgan fingerprint density at radius 1 is 1.02 bits per heavy atom. The number of aliphatic hydroxyl groups excluding tert-OH is 1. The molecule has 0 amide bonds. The summed E-state index contributed by atoms with van der Waals surface area (Å²) < 4.78 is 0. The second kappa shape index (κ2) is 14.8. The van der Waals surface area contributed by atoms with E-state index in [1.807, 2.05) is 25.1 Å². The molecule has 1 saturated carbocycles. The summed E-state index contributed by atoms with van der Waals surface area (Å²) in [5, 5.41) is 29.4. The van der Waals surface area contributed by atoms with E-state index in [1.165, 1.54) is 5.22 Å². The molecule has 48 heavy (non-hydrogen) atoms. The number of nitrogens with zero attached hydrogens (tertiary/aromatic N) is 1. The highest BCUT2D eigenvalue weighted by atomic mass is 32.1. The molecule has 7 nitrogen and oxygen atoms in total. The lowest BCUT2D eigenvalue weighted by Gasteiger charge is -2.44. The number of benzene rings is 2. The van der Waals surface area contributed by atoms with Gasteiger partial charge in [-0.2, -0.15) is 0 Å². The van der Waals surface area contributed by atoms with E-state index < -0.39 is 6.10 Å². The van der Waals surface area contributed by atoms with E-state index in [0.717, 1.165) is 48.8 Å². The summed E-state index contributed by atoms with van der Waals surface area (Å²) in [6.45, 7) is 3.93. The van der Waals surface area contributed by atoms with Gasteiger partial charge in [0.25, 0.3) is 0 Å². The number of aromatic hydroxyl groups is 1. The average molecular weight is 679 g/mol. The zero-order valence-electron chi connectivity index (χ0n) is 27.4. The number of hydrogen-bond acceptors (Lipinski definition) is 7. The zero-order chi connectivity index (χ0) is 33.8. The number of phenolic OH excluding ortho intramolecular Hbond substituents is 1. The fourth-order valence-corrected chi connectivity index (χ4v) is 9.21. The lowest BCUT2D eigenvalue weighted by molar-refractivity contribution is 0.0768.